The molecule has 18 heavy (non-hydrogen) atoms. The van der Waals surface area contributed by atoms with Crippen molar-refractivity contribution in [1.29, 1.82) is 0 Å². The first-order valence-electron chi connectivity index (χ1n) is 6.60. The molecule has 2 nitrogen and oxygen atoms in total. The molecule has 98 valence electrons. The van der Waals surface area contributed by atoms with E-state index < -0.39 is 5.60 Å². The largest absolute Gasteiger partial charge is 0.382 e. The SMILES string of the molecule is O=C(Cc1ccc(F)cc1)C1(O)CCCCCC1. The Kier molecular flexibility index (Phi) is 4.12. The Hall–Kier alpha value is -1.22. The van der Waals surface area contributed by atoms with Crippen molar-refractivity contribution >= 4 is 5.78 Å². The minimum Gasteiger partial charge on any atom is -0.382 e. The molecule has 0 spiro atoms. The van der Waals surface area contributed by atoms with E-state index in [4.69, 9.17) is 0 Å². The van der Waals surface area contributed by atoms with Gasteiger partial charge in [0.2, 0.25) is 0 Å². The van der Waals surface area contributed by atoms with Crippen LogP contribution in [0.1, 0.15) is 44.1 Å². The van der Waals surface area contributed by atoms with Gasteiger partial charge in [-0.15, -0.1) is 0 Å². The molecule has 1 aliphatic carbocycles. The summed E-state index contributed by atoms with van der Waals surface area (Å²) in [7, 11) is 0. The average molecular weight is 250 g/mol. The Morgan fingerprint density at radius 2 is 1.67 bits per heavy atom. The molecule has 0 aromatic heterocycles. The topological polar surface area (TPSA) is 37.3 Å². The van der Waals surface area contributed by atoms with Gasteiger partial charge in [0.25, 0.3) is 0 Å². The van der Waals surface area contributed by atoms with Gasteiger partial charge in [-0.2, -0.15) is 0 Å². The number of rotatable bonds is 3. The van der Waals surface area contributed by atoms with Gasteiger partial charge in [0, 0.05) is 6.42 Å². The van der Waals surface area contributed by atoms with Gasteiger partial charge in [-0.3, -0.25) is 4.79 Å². The molecule has 1 N–H and O–H groups in total. The number of ketones is 1. The van der Waals surface area contributed by atoms with Crippen LogP contribution in [0.3, 0.4) is 0 Å². The third kappa shape index (κ3) is 3.16. The van der Waals surface area contributed by atoms with Crippen LogP contribution in [0, 0.1) is 5.82 Å². The van der Waals surface area contributed by atoms with Crippen LogP contribution in [0.15, 0.2) is 24.3 Å². The zero-order valence-corrected chi connectivity index (χ0v) is 10.5. The fourth-order valence-corrected chi connectivity index (χ4v) is 2.54. The number of hydrogen-bond donors (Lipinski definition) is 1. The summed E-state index contributed by atoms with van der Waals surface area (Å²) in [5.41, 5.74) is -0.399. The maximum Gasteiger partial charge on any atom is 0.168 e. The van der Waals surface area contributed by atoms with Gasteiger partial charge in [0.1, 0.15) is 11.4 Å². The van der Waals surface area contributed by atoms with Crippen LogP contribution >= 0.6 is 0 Å². The monoisotopic (exact) mass is 250 g/mol. The van der Waals surface area contributed by atoms with E-state index in [0.29, 0.717) is 12.8 Å². The van der Waals surface area contributed by atoms with Crippen molar-refractivity contribution in [3.05, 3.63) is 35.6 Å². The summed E-state index contributed by atoms with van der Waals surface area (Å²) < 4.78 is 12.8. The van der Waals surface area contributed by atoms with Crippen LogP contribution in [0.5, 0.6) is 0 Å². The highest BCUT2D eigenvalue weighted by atomic mass is 19.1. The molecular weight excluding hydrogens is 231 g/mol. The summed E-state index contributed by atoms with van der Waals surface area (Å²) in [6, 6.07) is 5.90. The molecule has 0 atom stereocenters. The van der Waals surface area contributed by atoms with Crippen molar-refractivity contribution in [3.8, 4) is 0 Å². The van der Waals surface area contributed by atoms with Crippen molar-refractivity contribution in [2.24, 2.45) is 0 Å². The van der Waals surface area contributed by atoms with E-state index >= 15 is 0 Å². The molecule has 1 aromatic rings. The Morgan fingerprint density at radius 3 is 2.22 bits per heavy atom. The molecule has 0 bridgehead atoms. The fraction of sp³-hybridized carbons (Fsp3) is 0.533. The molecule has 0 saturated heterocycles. The Labute approximate surface area is 107 Å². The number of aliphatic hydroxyl groups is 1. The summed E-state index contributed by atoms with van der Waals surface area (Å²) in [5.74, 6) is -0.435. The normalized spacial score (nSPS) is 19.2. The Balaban J connectivity index is 2.03. The van der Waals surface area contributed by atoms with Crippen molar-refractivity contribution in [1.82, 2.24) is 0 Å². The van der Waals surface area contributed by atoms with Crippen molar-refractivity contribution in [2.45, 2.75) is 50.5 Å². The van der Waals surface area contributed by atoms with Gasteiger partial charge in [0.05, 0.1) is 0 Å². The lowest BCUT2D eigenvalue weighted by molar-refractivity contribution is -0.138. The molecule has 0 amide bonds. The molecular formula is C15H19FO2. The summed E-state index contributed by atoms with van der Waals surface area (Å²) >= 11 is 0. The predicted molar refractivity (Wildman–Crippen MR) is 67.8 cm³/mol. The van der Waals surface area contributed by atoms with Gasteiger partial charge in [0.15, 0.2) is 5.78 Å². The highest BCUT2D eigenvalue weighted by Gasteiger charge is 2.35. The average Bonchev–Trinajstić information content (AvgIpc) is 2.58. The second kappa shape index (κ2) is 5.61. The first kappa shape index (κ1) is 13.2. The lowest BCUT2D eigenvalue weighted by Crippen LogP contribution is -2.39. The van der Waals surface area contributed by atoms with Crippen LogP contribution in [0.4, 0.5) is 4.39 Å². The number of carbonyl (C=O) groups excluding carboxylic acids is 1. The van der Waals surface area contributed by atoms with E-state index in [1.165, 1.54) is 12.1 Å². The molecule has 1 saturated carbocycles. The molecule has 0 heterocycles. The smallest absolute Gasteiger partial charge is 0.168 e. The maximum absolute atomic E-state index is 12.8. The van der Waals surface area contributed by atoms with Crippen molar-refractivity contribution in [3.63, 3.8) is 0 Å². The van der Waals surface area contributed by atoms with Crippen LogP contribution in [-0.4, -0.2) is 16.5 Å². The summed E-state index contributed by atoms with van der Waals surface area (Å²) in [5, 5.41) is 10.4. The summed E-state index contributed by atoms with van der Waals surface area (Å²) in [4.78, 5) is 12.2. The van der Waals surface area contributed by atoms with E-state index in [0.717, 1.165) is 31.2 Å². The van der Waals surface area contributed by atoms with Gasteiger partial charge < -0.3 is 5.11 Å². The summed E-state index contributed by atoms with van der Waals surface area (Å²) in [6.07, 6.45) is 5.31. The first-order valence-corrected chi connectivity index (χ1v) is 6.60. The molecule has 1 aromatic carbocycles. The van der Waals surface area contributed by atoms with E-state index in [9.17, 15) is 14.3 Å². The van der Waals surface area contributed by atoms with E-state index in [1.807, 2.05) is 0 Å². The van der Waals surface area contributed by atoms with Gasteiger partial charge in [-0.1, -0.05) is 37.8 Å². The highest BCUT2D eigenvalue weighted by Crippen LogP contribution is 2.28. The van der Waals surface area contributed by atoms with Crippen LogP contribution in [0.2, 0.25) is 0 Å². The second-order valence-electron chi connectivity index (χ2n) is 5.17. The molecule has 1 aliphatic rings. The Morgan fingerprint density at radius 1 is 1.11 bits per heavy atom. The molecule has 0 unspecified atom stereocenters. The number of benzene rings is 1. The maximum atomic E-state index is 12.8. The van der Waals surface area contributed by atoms with Crippen LogP contribution < -0.4 is 0 Å². The predicted octanol–water partition coefficient (Wildman–Crippen LogP) is 3.02. The third-order valence-corrected chi connectivity index (χ3v) is 3.73. The number of halogens is 1. The van der Waals surface area contributed by atoms with Crippen molar-refractivity contribution < 1.29 is 14.3 Å². The van der Waals surface area contributed by atoms with E-state index in [1.54, 1.807) is 12.1 Å². The standard InChI is InChI=1S/C15H19FO2/c16-13-7-5-12(6-8-13)11-14(17)15(18)9-3-1-2-4-10-15/h5-8,18H,1-4,9-11H2. The van der Waals surface area contributed by atoms with Crippen molar-refractivity contribution in [2.75, 3.05) is 0 Å². The lowest BCUT2D eigenvalue weighted by Gasteiger charge is -2.24. The minimum atomic E-state index is -1.16. The quantitative estimate of drug-likeness (QED) is 0.837. The Bertz CT molecular complexity index is 403. The van der Waals surface area contributed by atoms with Gasteiger partial charge in [-0.25, -0.2) is 4.39 Å². The fourth-order valence-electron chi connectivity index (χ4n) is 2.54. The molecule has 2 rings (SSSR count). The number of hydrogen-bond acceptors (Lipinski definition) is 2. The molecule has 0 aliphatic heterocycles. The lowest BCUT2D eigenvalue weighted by atomic mass is 9.86. The zero-order valence-electron chi connectivity index (χ0n) is 10.5. The molecule has 3 heteroatoms. The highest BCUT2D eigenvalue weighted by molar-refractivity contribution is 5.88. The first-order chi connectivity index (χ1) is 8.60. The zero-order chi connectivity index (χ0) is 13.0. The number of carbonyl (C=O) groups is 1. The van der Waals surface area contributed by atoms with E-state index in [-0.39, 0.29) is 18.0 Å². The van der Waals surface area contributed by atoms with Gasteiger partial charge >= 0.3 is 0 Å². The van der Waals surface area contributed by atoms with Crippen LogP contribution in [-0.2, 0) is 11.2 Å². The number of Topliss-reactive ketones (excluding diaryl/α,β-unsaturated/α-hetero) is 1. The van der Waals surface area contributed by atoms with Crippen LogP contribution in [0.25, 0.3) is 0 Å². The van der Waals surface area contributed by atoms with Gasteiger partial charge in [-0.05, 0) is 30.5 Å². The molecule has 0 radical (unpaired) electrons. The second-order valence-corrected chi connectivity index (χ2v) is 5.17. The third-order valence-electron chi connectivity index (χ3n) is 3.73. The van der Waals surface area contributed by atoms with E-state index in [2.05, 4.69) is 0 Å². The minimum absolute atomic E-state index is 0.129. The summed E-state index contributed by atoms with van der Waals surface area (Å²) in [6.45, 7) is 0. The molecule has 1 fully saturated rings.